The second kappa shape index (κ2) is 9.72. The highest BCUT2D eigenvalue weighted by Gasteiger charge is 2.24. The lowest BCUT2D eigenvalue weighted by molar-refractivity contribution is 0.0466. The molecule has 1 heterocycles. The molecule has 0 bridgehead atoms. The number of carbonyl (C=O) groups is 1. The van der Waals surface area contributed by atoms with Crippen LogP contribution >= 0.6 is 11.6 Å². The number of esters is 1. The molecule has 0 aliphatic heterocycles. The molecule has 6 heteroatoms. The smallest absolute Gasteiger partial charge is 0.338 e. The maximum atomic E-state index is 13.2. The summed E-state index contributed by atoms with van der Waals surface area (Å²) in [5.41, 5.74) is 3.39. The molecule has 0 amide bonds. The van der Waals surface area contributed by atoms with Crippen molar-refractivity contribution in [3.05, 3.63) is 80.2 Å². The van der Waals surface area contributed by atoms with Gasteiger partial charge in [-0.15, -0.1) is 0 Å². The summed E-state index contributed by atoms with van der Waals surface area (Å²) in [6.07, 6.45) is 3.37. The summed E-state index contributed by atoms with van der Waals surface area (Å²) in [6, 6.07) is 12.5. The molecular weight excluding hydrogens is 426 g/mol. The van der Waals surface area contributed by atoms with Crippen LogP contribution in [0.4, 0.5) is 0 Å². The summed E-state index contributed by atoms with van der Waals surface area (Å²) >= 11 is 5.97. The van der Waals surface area contributed by atoms with Crippen LogP contribution in [0, 0.1) is 0 Å². The number of ether oxygens (including phenoxy) is 1. The second-order valence-electron chi connectivity index (χ2n) is 7.83. The number of fused-ring (bicyclic) bond motifs is 2. The van der Waals surface area contributed by atoms with Crippen molar-refractivity contribution in [3.63, 3.8) is 0 Å². The molecule has 4 rings (SSSR count). The van der Waals surface area contributed by atoms with Crippen LogP contribution in [0.25, 0.3) is 22.6 Å². The van der Waals surface area contributed by atoms with Gasteiger partial charge in [-0.05, 0) is 73.5 Å². The van der Waals surface area contributed by atoms with Gasteiger partial charge in [0.2, 0.25) is 0 Å². The molecule has 0 radical (unpaired) electrons. The Morgan fingerprint density at radius 2 is 1.88 bits per heavy atom. The van der Waals surface area contributed by atoms with Crippen molar-refractivity contribution < 1.29 is 13.9 Å². The number of carbonyl (C=O) groups excluding carboxylic acids is 1. The van der Waals surface area contributed by atoms with E-state index in [0.29, 0.717) is 52.5 Å². The Morgan fingerprint density at radius 3 is 2.59 bits per heavy atom. The first-order valence-electron chi connectivity index (χ1n) is 11.0. The summed E-state index contributed by atoms with van der Waals surface area (Å²) in [5.74, 6) is 0.203. The number of benzene rings is 2. The highest BCUT2D eigenvalue weighted by atomic mass is 35.5. The number of hydrogen-bond acceptors (Lipinski definition) is 5. The largest absolute Gasteiger partial charge is 0.461 e. The third-order valence-electron chi connectivity index (χ3n) is 5.90. The predicted molar refractivity (Wildman–Crippen MR) is 128 cm³/mol. The van der Waals surface area contributed by atoms with Gasteiger partial charge < -0.3 is 14.1 Å². The molecule has 2 aromatic carbocycles. The average molecular weight is 452 g/mol. The Kier molecular flexibility index (Phi) is 6.77. The molecule has 0 atom stereocenters. The predicted octanol–water partition coefficient (Wildman–Crippen LogP) is 5.43. The lowest BCUT2D eigenvalue weighted by Gasteiger charge is -2.17. The van der Waals surface area contributed by atoms with Gasteiger partial charge in [0.05, 0.1) is 10.9 Å². The highest BCUT2D eigenvalue weighted by Crippen LogP contribution is 2.34. The SMILES string of the molecule is CCN(CC)CCOC(=O)c1ccc2oc3c(c(=O)c2c1)CCC3=Cc1ccc(Cl)cc1. The van der Waals surface area contributed by atoms with Gasteiger partial charge >= 0.3 is 5.97 Å². The zero-order valence-corrected chi connectivity index (χ0v) is 19.1. The zero-order valence-electron chi connectivity index (χ0n) is 18.3. The first-order valence-corrected chi connectivity index (χ1v) is 11.3. The van der Waals surface area contributed by atoms with Crippen LogP contribution < -0.4 is 5.43 Å². The summed E-state index contributed by atoms with van der Waals surface area (Å²) in [7, 11) is 0. The first kappa shape index (κ1) is 22.3. The molecule has 0 fully saturated rings. The fraction of sp³-hybridized carbons (Fsp3) is 0.308. The summed E-state index contributed by atoms with van der Waals surface area (Å²) < 4.78 is 11.5. The number of rotatable bonds is 7. The van der Waals surface area contributed by atoms with Gasteiger partial charge in [0.25, 0.3) is 0 Å². The zero-order chi connectivity index (χ0) is 22.7. The van der Waals surface area contributed by atoms with Crippen molar-refractivity contribution in [3.8, 4) is 0 Å². The van der Waals surface area contributed by atoms with Crippen molar-refractivity contribution in [2.45, 2.75) is 26.7 Å². The van der Waals surface area contributed by atoms with Crippen molar-refractivity contribution in [2.24, 2.45) is 0 Å². The fourth-order valence-corrected chi connectivity index (χ4v) is 4.13. The van der Waals surface area contributed by atoms with E-state index in [1.54, 1.807) is 18.2 Å². The van der Waals surface area contributed by atoms with Crippen molar-refractivity contribution in [2.75, 3.05) is 26.2 Å². The molecule has 1 aliphatic rings. The fourth-order valence-electron chi connectivity index (χ4n) is 4.01. The third kappa shape index (κ3) is 4.64. The maximum absolute atomic E-state index is 13.2. The lowest BCUT2D eigenvalue weighted by atomic mass is 10.1. The number of allylic oxidation sites excluding steroid dienone is 1. The molecular formula is C26H26ClNO4. The molecule has 0 saturated heterocycles. The van der Waals surface area contributed by atoms with Crippen LogP contribution in [-0.4, -0.2) is 37.1 Å². The van der Waals surface area contributed by atoms with Crippen molar-refractivity contribution in [1.82, 2.24) is 4.90 Å². The van der Waals surface area contributed by atoms with Crippen LogP contribution in [0.3, 0.4) is 0 Å². The molecule has 0 N–H and O–H groups in total. The van der Waals surface area contributed by atoms with Gasteiger partial charge in [-0.2, -0.15) is 0 Å². The molecule has 1 aliphatic carbocycles. The number of halogens is 1. The monoisotopic (exact) mass is 451 g/mol. The topological polar surface area (TPSA) is 59.8 Å². The Hall–Kier alpha value is -2.89. The minimum atomic E-state index is -0.428. The van der Waals surface area contributed by atoms with E-state index in [0.717, 1.165) is 30.6 Å². The Balaban J connectivity index is 1.59. The van der Waals surface area contributed by atoms with Gasteiger partial charge in [-0.1, -0.05) is 37.6 Å². The van der Waals surface area contributed by atoms with Crippen LogP contribution in [0.1, 0.15) is 47.5 Å². The molecule has 3 aromatic rings. The minimum absolute atomic E-state index is 0.0847. The molecule has 5 nitrogen and oxygen atoms in total. The van der Waals surface area contributed by atoms with E-state index >= 15 is 0 Å². The van der Waals surface area contributed by atoms with E-state index in [2.05, 4.69) is 18.7 Å². The normalized spacial score (nSPS) is 14.3. The highest BCUT2D eigenvalue weighted by molar-refractivity contribution is 6.30. The maximum Gasteiger partial charge on any atom is 0.338 e. The molecule has 166 valence electrons. The number of hydrogen-bond donors (Lipinski definition) is 0. The van der Waals surface area contributed by atoms with Gasteiger partial charge in [-0.3, -0.25) is 4.79 Å². The van der Waals surface area contributed by atoms with E-state index in [-0.39, 0.29) is 5.43 Å². The minimum Gasteiger partial charge on any atom is -0.461 e. The Bertz CT molecular complexity index is 1220. The quantitative estimate of drug-likeness (QED) is 0.448. The van der Waals surface area contributed by atoms with E-state index in [1.807, 2.05) is 30.3 Å². The van der Waals surface area contributed by atoms with Crippen molar-refractivity contribution >= 4 is 40.2 Å². The number of likely N-dealkylation sites (N-methyl/N-ethyl adjacent to an activating group) is 1. The molecule has 0 spiro atoms. The lowest BCUT2D eigenvalue weighted by Crippen LogP contribution is -2.27. The van der Waals surface area contributed by atoms with E-state index in [4.69, 9.17) is 20.8 Å². The summed E-state index contributed by atoms with van der Waals surface area (Å²) in [4.78, 5) is 27.8. The third-order valence-corrected chi connectivity index (χ3v) is 6.15. The second-order valence-corrected chi connectivity index (χ2v) is 8.27. The Morgan fingerprint density at radius 1 is 1.12 bits per heavy atom. The van der Waals surface area contributed by atoms with E-state index in [1.165, 1.54) is 0 Å². The van der Waals surface area contributed by atoms with E-state index in [9.17, 15) is 9.59 Å². The standard InChI is InChI=1S/C26H26ClNO4/c1-3-28(4-2)13-14-31-26(30)19-8-12-23-22(16-19)24(29)21-11-7-18(25(21)32-23)15-17-5-9-20(27)10-6-17/h5-6,8-10,12,15-16H,3-4,7,11,13-14H2,1-2H3. The van der Waals surface area contributed by atoms with Gasteiger partial charge in [0.1, 0.15) is 18.0 Å². The number of nitrogens with zero attached hydrogens (tertiary/aromatic N) is 1. The molecule has 0 unspecified atom stereocenters. The van der Waals surface area contributed by atoms with Crippen LogP contribution in [0.15, 0.2) is 51.7 Å². The summed E-state index contributed by atoms with van der Waals surface area (Å²) in [6.45, 7) is 6.96. The molecule has 0 saturated carbocycles. The average Bonchev–Trinajstić information content (AvgIpc) is 3.21. The van der Waals surface area contributed by atoms with E-state index < -0.39 is 5.97 Å². The van der Waals surface area contributed by atoms with Gasteiger partial charge in [-0.25, -0.2) is 4.79 Å². The van der Waals surface area contributed by atoms with Gasteiger partial charge in [0, 0.05) is 17.1 Å². The summed E-state index contributed by atoms with van der Waals surface area (Å²) in [5, 5.41) is 1.09. The van der Waals surface area contributed by atoms with Crippen LogP contribution in [0.2, 0.25) is 5.02 Å². The van der Waals surface area contributed by atoms with Gasteiger partial charge in [0.15, 0.2) is 5.43 Å². The van der Waals surface area contributed by atoms with Crippen molar-refractivity contribution in [1.29, 1.82) is 0 Å². The molecule has 1 aromatic heterocycles. The molecule has 32 heavy (non-hydrogen) atoms. The van der Waals surface area contributed by atoms with Crippen LogP contribution in [0.5, 0.6) is 0 Å². The first-order chi connectivity index (χ1) is 15.5. The van der Waals surface area contributed by atoms with Crippen LogP contribution in [-0.2, 0) is 11.2 Å². The Labute approximate surface area is 192 Å².